The number of likely N-dealkylation sites (N-methyl/N-ethyl adjacent to an activating group) is 1. The third-order valence-corrected chi connectivity index (χ3v) is 3.93. The van der Waals surface area contributed by atoms with Gasteiger partial charge in [0.2, 0.25) is 0 Å². The van der Waals surface area contributed by atoms with Gasteiger partial charge in [-0.1, -0.05) is 48.9 Å². The molecule has 0 N–H and O–H groups in total. The lowest BCUT2D eigenvalue weighted by Crippen LogP contribution is -2.39. The molecule has 0 aliphatic carbocycles. The van der Waals surface area contributed by atoms with Gasteiger partial charge in [0, 0.05) is 19.1 Å². The van der Waals surface area contributed by atoms with Gasteiger partial charge in [-0.2, -0.15) is 0 Å². The van der Waals surface area contributed by atoms with Gasteiger partial charge in [-0.15, -0.1) is 0 Å². The summed E-state index contributed by atoms with van der Waals surface area (Å²) in [5, 5.41) is 0. The zero-order valence-corrected chi connectivity index (χ0v) is 12.3. The molecular weight excluding hydrogens is 232 g/mol. The topological polar surface area (TPSA) is 6.48 Å². The van der Waals surface area contributed by atoms with Crippen LogP contribution in [-0.4, -0.2) is 49.6 Å². The lowest BCUT2D eigenvalue weighted by Gasteiger charge is -2.27. The fourth-order valence-electron chi connectivity index (χ4n) is 2.69. The van der Waals surface area contributed by atoms with E-state index >= 15 is 0 Å². The molecule has 0 aromatic heterocycles. The number of hydrogen-bond donors (Lipinski definition) is 0. The van der Waals surface area contributed by atoms with Crippen LogP contribution in [0.25, 0.3) is 6.08 Å². The molecule has 0 bridgehead atoms. The minimum absolute atomic E-state index is 0.715. The zero-order chi connectivity index (χ0) is 13.5. The van der Waals surface area contributed by atoms with Crippen LogP contribution in [0.5, 0.6) is 0 Å². The van der Waals surface area contributed by atoms with Crippen LogP contribution in [0.2, 0.25) is 0 Å². The Bertz CT molecular complexity index is 384. The standard InChI is InChI=1S/C17H26N2/c1-18(2)17-12-6-7-13-19(15-17)14-8-11-16-9-4-3-5-10-16/h3-5,8-11,17H,6-7,12-15H2,1-2H3/b11-8+/t17-/m0/s1. The molecular formula is C17H26N2. The normalized spacial score (nSPS) is 21.9. The molecule has 1 saturated heterocycles. The first kappa shape index (κ1) is 14.3. The third-order valence-electron chi connectivity index (χ3n) is 3.93. The Morgan fingerprint density at radius 1 is 1.21 bits per heavy atom. The molecule has 0 unspecified atom stereocenters. The molecule has 2 nitrogen and oxygen atoms in total. The zero-order valence-electron chi connectivity index (χ0n) is 12.3. The van der Waals surface area contributed by atoms with Crippen molar-refractivity contribution in [1.29, 1.82) is 0 Å². The van der Waals surface area contributed by atoms with Crippen molar-refractivity contribution in [1.82, 2.24) is 9.80 Å². The van der Waals surface area contributed by atoms with E-state index in [1.54, 1.807) is 0 Å². The van der Waals surface area contributed by atoms with Gasteiger partial charge in [0.1, 0.15) is 0 Å². The third kappa shape index (κ3) is 4.81. The van der Waals surface area contributed by atoms with Crippen LogP contribution in [0.15, 0.2) is 36.4 Å². The second kappa shape index (κ2) is 7.46. The van der Waals surface area contributed by atoms with Gasteiger partial charge in [0.25, 0.3) is 0 Å². The fraction of sp³-hybridized carbons (Fsp3) is 0.529. The van der Waals surface area contributed by atoms with Crippen molar-refractivity contribution < 1.29 is 0 Å². The summed E-state index contributed by atoms with van der Waals surface area (Å²) in [7, 11) is 4.40. The summed E-state index contributed by atoms with van der Waals surface area (Å²) in [6.45, 7) is 3.51. The maximum atomic E-state index is 2.58. The Balaban J connectivity index is 1.86. The molecule has 104 valence electrons. The minimum Gasteiger partial charge on any atom is -0.305 e. The van der Waals surface area contributed by atoms with Gasteiger partial charge in [0.15, 0.2) is 0 Å². The first-order valence-corrected chi connectivity index (χ1v) is 7.36. The van der Waals surface area contributed by atoms with E-state index in [9.17, 15) is 0 Å². The maximum Gasteiger partial charge on any atom is 0.0217 e. The molecule has 1 atom stereocenters. The van der Waals surface area contributed by atoms with E-state index < -0.39 is 0 Å². The molecule has 2 rings (SSSR count). The van der Waals surface area contributed by atoms with Gasteiger partial charge in [-0.05, 0) is 39.0 Å². The van der Waals surface area contributed by atoms with Gasteiger partial charge in [-0.3, -0.25) is 4.90 Å². The monoisotopic (exact) mass is 258 g/mol. The second-order valence-corrected chi connectivity index (χ2v) is 5.69. The maximum absolute atomic E-state index is 2.58. The summed E-state index contributed by atoms with van der Waals surface area (Å²) in [5.41, 5.74) is 1.29. The number of rotatable bonds is 4. The smallest absolute Gasteiger partial charge is 0.0217 e. The SMILES string of the molecule is CN(C)[C@H]1CCCCN(C/C=C/c2ccccc2)C1. The highest BCUT2D eigenvalue weighted by Crippen LogP contribution is 2.14. The molecule has 0 saturated carbocycles. The summed E-state index contributed by atoms with van der Waals surface area (Å²) < 4.78 is 0. The van der Waals surface area contributed by atoms with Crippen LogP contribution >= 0.6 is 0 Å². The Morgan fingerprint density at radius 3 is 2.74 bits per heavy atom. The first-order chi connectivity index (χ1) is 9.25. The van der Waals surface area contributed by atoms with Crippen LogP contribution in [-0.2, 0) is 0 Å². The molecule has 1 aromatic rings. The van der Waals surface area contributed by atoms with E-state index in [2.05, 4.69) is 66.4 Å². The van der Waals surface area contributed by atoms with Crippen molar-refractivity contribution in [3.63, 3.8) is 0 Å². The molecule has 1 aliphatic rings. The first-order valence-electron chi connectivity index (χ1n) is 7.36. The number of likely N-dealkylation sites (tertiary alicyclic amines) is 1. The van der Waals surface area contributed by atoms with E-state index in [4.69, 9.17) is 0 Å². The molecule has 0 amide bonds. The van der Waals surface area contributed by atoms with Crippen LogP contribution in [0.1, 0.15) is 24.8 Å². The summed E-state index contributed by atoms with van der Waals surface area (Å²) in [4.78, 5) is 4.95. The second-order valence-electron chi connectivity index (χ2n) is 5.69. The van der Waals surface area contributed by atoms with E-state index in [-0.39, 0.29) is 0 Å². The number of nitrogens with zero attached hydrogens (tertiary/aromatic N) is 2. The molecule has 1 heterocycles. The van der Waals surface area contributed by atoms with E-state index in [1.807, 2.05) is 0 Å². The van der Waals surface area contributed by atoms with Crippen LogP contribution in [0.3, 0.4) is 0 Å². The van der Waals surface area contributed by atoms with Crippen molar-refractivity contribution in [3.8, 4) is 0 Å². The lowest BCUT2D eigenvalue weighted by molar-refractivity contribution is 0.208. The van der Waals surface area contributed by atoms with Crippen LogP contribution in [0.4, 0.5) is 0 Å². The van der Waals surface area contributed by atoms with Crippen molar-refractivity contribution in [2.45, 2.75) is 25.3 Å². The number of benzene rings is 1. The van der Waals surface area contributed by atoms with Gasteiger partial charge in [0.05, 0.1) is 0 Å². The summed E-state index contributed by atoms with van der Waals surface area (Å²) in [5.74, 6) is 0. The quantitative estimate of drug-likeness (QED) is 0.819. The van der Waals surface area contributed by atoms with Gasteiger partial charge in [-0.25, -0.2) is 0 Å². The van der Waals surface area contributed by atoms with E-state index in [0.29, 0.717) is 6.04 Å². The summed E-state index contributed by atoms with van der Waals surface area (Å²) in [6.07, 6.45) is 8.57. The fourth-order valence-corrected chi connectivity index (χ4v) is 2.69. The van der Waals surface area contributed by atoms with E-state index in [0.717, 1.165) is 6.54 Å². The predicted octanol–water partition coefficient (Wildman–Crippen LogP) is 3.12. The molecule has 19 heavy (non-hydrogen) atoms. The summed E-state index contributed by atoms with van der Waals surface area (Å²) >= 11 is 0. The molecule has 1 aromatic carbocycles. The molecule has 0 radical (unpaired) electrons. The highest BCUT2D eigenvalue weighted by molar-refractivity contribution is 5.48. The Kier molecular flexibility index (Phi) is 5.62. The van der Waals surface area contributed by atoms with Crippen LogP contribution < -0.4 is 0 Å². The van der Waals surface area contributed by atoms with Crippen molar-refractivity contribution in [2.24, 2.45) is 0 Å². The predicted molar refractivity (Wildman–Crippen MR) is 83.2 cm³/mol. The highest BCUT2D eigenvalue weighted by Gasteiger charge is 2.18. The van der Waals surface area contributed by atoms with Crippen molar-refractivity contribution in [3.05, 3.63) is 42.0 Å². The van der Waals surface area contributed by atoms with Gasteiger partial charge < -0.3 is 4.90 Å². The number of hydrogen-bond acceptors (Lipinski definition) is 2. The Morgan fingerprint density at radius 2 is 2.00 bits per heavy atom. The van der Waals surface area contributed by atoms with E-state index in [1.165, 1.54) is 37.9 Å². The average Bonchev–Trinajstić information content (AvgIpc) is 2.66. The van der Waals surface area contributed by atoms with Crippen molar-refractivity contribution in [2.75, 3.05) is 33.7 Å². The van der Waals surface area contributed by atoms with Gasteiger partial charge >= 0.3 is 0 Å². The molecule has 0 spiro atoms. The highest BCUT2D eigenvalue weighted by atomic mass is 15.2. The van der Waals surface area contributed by atoms with Crippen molar-refractivity contribution >= 4 is 6.08 Å². The molecule has 1 fully saturated rings. The Labute approximate surface area is 117 Å². The molecule has 2 heteroatoms. The Hall–Kier alpha value is -1.12. The van der Waals surface area contributed by atoms with Crippen LogP contribution in [0, 0.1) is 0 Å². The largest absolute Gasteiger partial charge is 0.305 e. The lowest BCUT2D eigenvalue weighted by atomic mass is 10.1. The molecule has 1 aliphatic heterocycles. The average molecular weight is 258 g/mol. The summed E-state index contributed by atoms with van der Waals surface area (Å²) in [6, 6.07) is 11.3. The minimum atomic E-state index is 0.715.